The third-order valence-electron chi connectivity index (χ3n) is 2.61. The van der Waals surface area contributed by atoms with Crippen LogP contribution >= 0.6 is 11.6 Å². The molecule has 0 saturated heterocycles. The molecule has 0 aliphatic rings. The Balaban J connectivity index is 1.87. The molecule has 94 valence electrons. The van der Waals surface area contributed by atoms with Gasteiger partial charge in [-0.15, -0.1) is 11.6 Å². The zero-order valence-corrected chi connectivity index (χ0v) is 10.7. The minimum absolute atomic E-state index is 0.338. The second-order valence-electron chi connectivity index (χ2n) is 3.95. The van der Waals surface area contributed by atoms with Gasteiger partial charge in [-0.25, -0.2) is 4.98 Å². The highest BCUT2D eigenvalue weighted by Crippen LogP contribution is 2.22. The largest absolute Gasteiger partial charge is 0.436 e. The Hall–Kier alpha value is -2.20. The lowest BCUT2D eigenvalue weighted by atomic mass is 10.2. The van der Waals surface area contributed by atoms with E-state index in [4.69, 9.17) is 16.3 Å². The van der Waals surface area contributed by atoms with Crippen LogP contribution in [0.4, 0.5) is 0 Å². The van der Waals surface area contributed by atoms with Gasteiger partial charge in [0.25, 0.3) is 0 Å². The van der Waals surface area contributed by atoms with Crippen molar-refractivity contribution in [3.63, 3.8) is 0 Å². The maximum absolute atomic E-state index is 5.65. The summed E-state index contributed by atoms with van der Waals surface area (Å²) in [5, 5.41) is 1.02. The Bertz CT molecular complexity index is 700. The zero-order valence-electron chi connectivity index (χ0n) is 9.95. The summed E-state index contributed by atoms with van der Waals surface area (Å²) in [7, 11) is 0. The highest BCUT2D eigenvalue weighted by atomic mass is 35.5. The molecule has 0 radical (unpaired) electrons. The first-order valence-electron chi connectivity index (χ1n) is 5.75. The van der Waals surface area contributed by atoms with Crippen molar-refractivity contribution in [1.29, 1.82) is 0 Å². The molecule has 0 amide bonds. The van der Waals surface area contributed by atoms with Crippen LogP contribution in [0.15, 0.2) is 48.9 Å². The second-order valence-corrected chi connectivity index (χ2v) is 4.21. The van der Waals surface area contributed by atoms with E-state index in [1.165, 1.54) is 0 Å². The summed E-state index contributed by atoms with van der Waals surface area (Å²) < 4.78 is 5.61. The fraction of sp³-hybridized carbons (Fsp3) is 0.0714. The van der Waals surface area contributed by atoms with E-state index in [0.29, 0.717) is 23.2 Å². The Labute approximate surface area is 115 Å². The fourth-order valence-corrected chi connectivity index (χ4v) is 1.83. The van der Waals surface area contributed by atoms with Gasteiger partial charge in [-0.1, -0.05) is 18.2 Å². The molecule has 0 spiro atoms. The molecule has 1 aromatic carbocycles. The van der Waals surface area contributed by atoms with Crippen LogP contribution in [0.5, 0.6) is 11.6 Å². The number of ether oxygens (including phenoxy) is 1. The maximum Gasteiger partial charge on any atom is 0.237 e. The predicted molar refractivity (Wildman–Crippen MR) is 73.4 cm³/mol. The molecule has 0 N–H and O–H groups in total. The topological polar surface area (TPSA) is 47.9 Å². The summed E-state index contributed by atoms with van der Waals surface area (Å²) in [6, 6.07) is 9.76. The number of aromatic nitrogens is 3. The summed E-state index contributed by atoms with van der Waals surface area (Å²) in [6.07, 6.45) is 4.81. The van der Waals surface area contributed by atoms with Crippen molar-refractivity contribution < 1.29 is 4.74 Å². The number of fused-ring (bicyclic) bond motifs is 1. The summed E-state index contributed by atoms with van der Waals surface area (Å²) >= 11 is 5.65. The molecule has 0 atom stereocenters. The number of alkyl halides is 1. The fourth-order valence-electron chi connectivity index (χ4n) is 1.69. The Morgan fingerprint density at radius 1 is 1.00 bits per heavy atom. The Morgan fingerprint density at radius 2 is 1.89 bits per heavy atom. The molecule has 3 rings (SSSR count). The number of para-hydroxylation sites is 1. The average Bonchev–Trinajstić information content (AvgIpc) is 2.48. The number of nitrogens with zero attached hydrogens (tertiary/aromatic N) is 3. The molecule has 5 heteroatoms. The SMILES string of the molecule is ClCc1cnc(Oc2cnc3ccccc3c2)cn1. The summed E-state index contributed by atoms with van der Waals surface area (Å²) in [6.45, 7) is 0. The Kier molecular flexibility index (Phi) is 3.25. The zero-order chi connectivity index (χ0) is 13.1. The van der Waals surface area contributed by atoms with Gasteiger partial charge < -0.3 is 4.74 Å². The number of rotatable bonds is 3. The number of benzene rings is 1. The van der Waals surface area contributed by atoms with E-state index in [9.17, 15) is 0 Å². The average molecular weight is 272 g/mol. The van der Waals surface area contributed by atoms with Crippen molar-refractivity contribution in [2.75, 3.05) is 0 Å². The van der Waals surface area contributed by atoms with Crippen molar-refractivity contribution in [3.05, 3.63) is 54.6 Å². The second kappa shape index (κ2) is 5.20. The normalized spacial score (nSPS) is 10.6. The molecule has 0 bridgehead atoms. The van der Waals surface area contributed by atoms with Gasteiger partial charge in [0.05, 0.1) is 35.7 Å². The van der Waals surface area contributed by atoms with E-state index in [2.05, 4.69) is 15.0 Å². The molecule has 0 fully saturated rings. The number of pyridine rings is 1. The molecule has 2 heterocycles. The van der Waals surface area contributed by atoms with Gasteiger partial charge in [0, 0.05) is 5.39 Å². The predicted octanol–water partition coefficient (Wildman–Crippen LogP) is 3.56. The summed E-state index contributed by atoms with van der Waals surface area (Å²) in [4.78, 5) is 12.6. The van der Waals surface area contributed by atoms with Crippen LogP contribution in [0, 0.1) is 0 Å². The van der Waals surface area contributed by atoms with Crippen molar-refractivity contribution in [2.24, 2.45) is 0 Å². The van der Waals surface area contributed by atoms with E-state index < -0.39 is 0 Å². The van der Waals surface area contributed by atoms with Gasteiger partial charge in [-0.3, -0.25) is 9.97 Å². The number of hydrogen-bond acceptors (Lipinski definition) is 4. The van der Waals surface area contributed by atoms with Crippen molar-refractivity contribution >= 4 is 22.5 Å². The molecular weight excluding hydrogens is 262 g/mol. The highest BCUT2D eigenvalue weighted by Gasteiger charge is 2.02. The first-order chi connectivity index (χ1) is 9.35. The molecule has 0 unspecified atom stereocenters. The molecule has 19 heavy (non-hydrogen) atoms. The Morgan fingerprint density at radius 3 is 2.68 bits per heavy atom. The quantitative estimate of drug-likeness (QED) is 0.684. The van der Waals surface area contributed by atoms with Crippen LogP contribution in [0.3, 0.4) is 0 Å². The first-order valence-corrected chi connectivity index (χ1v) is 6.28. The smallest absolute Gasteiger partial charge is 0.237 e. The third kappa shape index (κ3) is 2.63. The number of hydrogen-bond donors (Lipinski definition) is 0. The van der Waals surface area contributed by atoms with Crippen LogP contribution in [0.2, 0.25) is 0 Å². The van der Waals surface area contributed by atoms with E-state index in [0.717, 1.165) is 10.9 Å². The van der Waals surface area contributed by atoms with Crippen molar-refractivity contribution in [3.8, 4) is 11.6 Å². The van der Waals surface area contributed by atoms with E-state index >= 15 is 0 Å². The molecular formula is C14H10ClN3O. The van der Waals surface area contributed by atoms with Crippen molar-refractivity contribution in [1.82, 2.24) is 15.0 Å². The summed E-state index contributed by atoms with van der Waals surface area (Å²) in [5.74, 6) is 1.39. The molecule has 0 aliphatic carbocycles. The van der Waals surface area contributed by atoms with Crippen LogP contribution in [-0.4, -0.2) is 15.0 Å². The molecule has 3 aromatic rings. The molecule has 0 aliphatic heterocycles. The van der Waals surface area contributed by atoms with E-state index in [1.54, 1.807) is 18.6 Å². The minimum atomic E-state index is 0.338. The van der Waals surface area contributed by atoms with Gasteiger partial charge in [0.15, 0.2) is 0 Å². The maximum atomic E-state index is 5.65. The van der Waals surface area contributed by atoms with Crippen LogP contribution in [0.25, 0.3) is 10.9 Å². The monoisotopic (exact) mass is 271 g/mol. The van der Waals surface area contributed by atoms with E-state index in [-0.39, 0.29) is 0 Å². The van der Waals surface area contributed by atoms with Gasteiger partial charge in [0.2, 0.25) is 5.88 Å². The van der Waals surface area contributed by atoms with Gasteiger partial charge in [0.1, 0.15) is 5.75 Å². The molecule has 4 nitrogen and oxygen atoms in total. The molecule has 2 aromatic heterocycles. The summed E-state index contributed by atoms with van der Waals surface area (Å²) in [5.41, 5.74) is 1.64. The lowest BCUT2D eigenvalue weighted by Crippen LogP contribution is -1.92. The lowest BCUT2D eigenvalue weighted by Gasteiger charge is -2.05. The van der Waals surface area contributed by atoms with Gasteiger partial charge >= 0.3 is 0 Å². The van der Waals surface area contributed by atoms with Crippen LogP contribution in [-0.2, 0) is 5.88 Å². The highest BCUT2D eigenvalue weighted by molar-refractivity contribution is 6.16. The standard InChI is InChI=1S/C14H10ClN3O/c15-6-11-7-18-14(9-16-11)19-12-5-10-3-1-2-4-13(10)17-8-12/h1-5,7-9H,6H2. The van der Waals surface area contributed by atoms with Crippen LogP contribution < -0.4 is 4.74 Å². The molecule has 0 saturated carbocycles. The van der Waals surface area contributed by atoms with Crippen molar-refractivity contribution in [2.45, 2.75) is 5.88 Å². The van der Waals surface area contributed by atoms with Gasteiger partial charge in [-0.05, 0) is 12.1 Å². The van der Waals surface area contributed by atoms with E-state index in [1.807, 2.05) is 30.3 Å². The minimum Gasteiger partial charge on any atom is -0.436 e. The lowest BCUT2D eigenvalue weighted by molar-refractivity contribution is 0.458. The number of halogens is 1. The first kappa shape index (κ1) is 11.9. The van der Waals surface area contributed by atoms with Gasteiger partial charge in [-0.2, -0.15) is 0 Å². The van der Waals surface area contributed by atoms with Crippen LogP contribution in [0.1, 0.15) is 5.69 Å². The third-order valence-corrected chi connectivity index (χ3v) is 2.88.